The highest BCUT2D eigenvalue weighted by molar-refractivity contribution is 7.10. The average Bonchev–Trinajstić information content (AvgIpc) is 2.96. The number of rotatable bonds is 6. The van der Waals surface area contributed by atoms with E-state index in [4.69, 9.17) is 14.2 Å². The first-order valence-electron chi connectivity index (χ1n) is 6.50. The zero-order valence-electron chi connectivity index (χ0n) is 13.1. The third-order valence-electron chi connectivity index (χ3n) is 3.06. The summed E-state index contributed by atoms with van der Waals surface area (Å²) in [7, 11) is 4.73. The Hall–Kier alpha value is -2.35. The lowest BCUT2D eigenvalue weighted by Crippen LogP contribution is -2.03. The second-order valence-electron chi connectivity index (χ2n) is 4.41. The lowest BCUT2D eigenvalue weighted by atomic mass is 10.1. The number of aryl methyl sites for hydroxylation is 1. The molecule has 0 unspecified atom stereocenters. The summed E-state index contributed by atoms with van der Waals surface area (Å²) in [6.45, 7) is 3.76. The molecule has 8 heteroatoms. The SMILES string of the molecule is COc1cc(/C(C)=N/Nc2snnc2C)cc(OC)c1OC. The van der Waals surface area contributed by atoms with E-state index in [0.29, 0.717) is 17.2 Å². The van der Waals surface area contributed by atoms with Gasteiger partial charge in [-0.3, -0.25) is 5.43 Å². The molecule has 118 valence electrons. The molecule has 1 aromatic heterocycles. The van der Waals surface area contributed by atoms with Gasteiger partial charge in [-0.05, 0) is 26.0 Å². The van der Waals surface area contributed by atoms with Crippen LogP contribution in [0.3, 0.4) is 0 Å². The smallest absolute Gasteiger partial charge is 0.203 e. The van der Waals surface area contributed by atoms with Crippen molar-refractivity contribution in [1.29, 1.82) is 0 Å². The number of nitrogens with one attached hydrogen (secondary N) is 1. The van der Waals surface area contributed by atoms with Crippen LogP contribution in [0.1, 0.15) is 18.2 Å². The molecular formula is C14H18N4O3S. The molecule has 0 aliphatic rings. The van der Waals surface area contributed by atoms with Crippen molar-refractivity contribution in [2.24, 2.45) is 5.10 Å². The van der Waals surface area contributed by atoms with Crippen molar-refractivity contribution in [2.75, 3.05) is 26.8 Å². The van der Waals surface area contributed by atoms with E-state index in [-0.39, 0.29) is 0 Å². The molecule has 0 saturated carbocycles. The van der Waals surface area contributed by atoms with Crippen LogP contribution < -0.4 is 19.6 Å². The summed E-state index contributed by atoms with van der Waals surface area (Å²) < 4.78 is 19.8. The van der Waals surface area contributed by atoms with E-state index in [1.165, 1.54) is 11.5 Å². The molecule has 0 atom stereocenters. The van der Waals surface area contributed by atoms with Gasteiger partial charge in [0.2, 0.25) is 5.75 Å². The monoisotopic (exact) mass is 322 g/mol. The number of benzene rings is 1. The van der Waals surface area contributed by atoms with Crippen LogP contribution in [0.15, 0.2) is 17.2 Å². The largest absolute Gasteiger partial charge is 0.493 e. The van der Waals surface area contributed by atoms with E-state index in [0.717, 1.165) is 22.0 Å². The predicted octanol–water partition coefficient (Wildman–Crippen LogP) is 2.71. The Morgan fingerprint density at radius 1 is 1.14 bits per heavy atom. The van der Waals surface area contributed by atoms with E-state index < -0.39 is 0 Å². The maximum atomic E-state index is 5.34. The van der Waals surface area contributed by atoms with E-state index in [1.54, 1.807) is 21.3 Å². The standard InChI is InChI=1S/C14H18N4O3S/c1-8(15-17-14-9(2)16-18-22-14)10-6-11(19-3)13(21-5)12(7-10)20-4/h6-7,17H,1-5H3/b15-8+. The van der Waals surface area contributed by atoms with E-state index >= 15 is 0 Å². The fourth-order valence-electron chi connectivity index (χ4n) is 1.82. The number of methoxy groups -OCH3 is 3. The molecule has 2 rings (SSSR count). The van der Waals surface area contributed by atoms with Crippen molar-refractivity contribution in [3.63, 3.8) is 0 Å². The van der Waals surface area contributed by atoms with Crippen LogP contribution in [0.4, 0.5) is 5.00 Å². The lowest BCUT2D eigenvalue weighted by Gasteiger charge is -2.14. The summed E-state index contributed by atoms with van der Waals surface area (Å²) in [5.41, 5.74) is 5.40. The molecule has 0 aliphatic heterocycles. The predicted molar refractivity (Wildman–Crippen MR) is 86.6 cm³/mol. The van der Waals surface area contributed by atoms with Gasteiger partial charge in [0.1, 0.15) is 0 Å². The molecule has 1 heterocycles. The average molecular weight is 322 g/mol. The van der Waals surface area contributed by atoms with Crippen molar-refractivity contribution < 1.29 is 14.2 Å². The molecule has 0 fully saturated rings. The number of anilines is 1. The fraction of sp³-hybridized carbons (Fsp3) is 0.357. The highest BCUT2D eigenvalue weighted by Crippen LogP contribution is 2.38. The van der Waals surface area contributed by atoms with E-state index in [1.807, 2.05) is 26.0 Å². The van der Waals surface area contributed by atoms with Gasteiger partial charge in [0, 0.05) is 17.1 Å². The second-order valence-corrected chi connectivity index (χ2v) is 5.16. The Morgan fingerprint density at radius 3 is 2.23 bits per heavy atom. The molecule has 0 saturated heterocycles. The van der Waals surface area contributed by atoms with Crippen LogP contribution in [-0.2, 0) is 0 Å². The Kier molecular flexibility index (Phi) is 5.16. The van der Waals surface area contributed by atoms with Gasteiger partial charge in [-0.15, -0.1) is 5.10 Å². The lowest BCUT2D eigenvalue weighted by molar-refractivity contribution is 0.324. The highest BCUT2D eigenvalue weighted by atomic mass is 32.1. The van der Waals surface area contributed by atoms with Crippen molar-refractivity contribution in [3.05, 3.63) is 23.4 Å². The molecule has 0 radical (unpaired) electrons. The highest BCUT2D eigenvalue weighted by Gasteiger charge is 2.14. The number of hydrogen-bond acceptors (Lipinski definition) is 8. The van der Waals surface area contributed by atoms with Gasteiger partial charge in [0.05, 0.1) is 32.7 Å². The van der Waals surface area contributed by atoms with Crippen molar-refractivity contribution >= 4 is 22.2 Å². The maximum Gasteiger partial charge on any atom is 0.203 e. The van der Waals surface area contributed by atoms with Crippen LogP contribution in [0.25, 0.3) is 0 Å². The molecule has 0 aliphatic carbocycles. The van der Waals surface area contributed by atoms with Crippen molar-refractivity contribution in [1.82, 2.24) is 9.59 Å². The van der Waals surface area contributed by atoms with Gasteiger partial charge >= 0.3 is 0 Å². The van der Waals surface area contributed by atoms with Crippen LogP contribution in [0, 0.1) is 6.92 Å². The van der Waals surface area contributed by atoms with Gasteiger partial charge in [-0.25, -0.2) is 0 Å². The minimum Gasteiger partial charge on any atom is -0.493 e. The summed E-state index contributed by atoms with van der Waals surface area (Å²) >= 11 is 1.26. The number of hydrazone groups is 1. The Morgan fingerprint density at radius 2 is 1.77 bits per heavy atom. The minimum atomic E-state index is 0.553. The second kappa shape index (κ2) is 7.08. The quantitative estimate of drug-likeness (QED) is 0.651. The van der Waals surface area contributed by atoms with Crippen molar-refractivity contribution in [2.45, 2.75) is 13.8 Å². The molecule has 1 aromatic carbocycles. The molecule has 0 amide bonds. The first-order valence-corrected chi connectivity index (χ1v) is 7.27. The van der Waals surface area contributed by atoms with Gasteiger partial charge < -0.3 is 14.2 Å². The van der Waals surface area contributed by atoms with Crippen LogP contribution >= 0.6 is 11.5 Å². The van der Waals surface area contributed by atoms with Crippen molar-refractivity contribution in [3.8, 4) is 17.2 Å². The molecule has 7 nitrogen and oxygen atoms in total. The fourth-order valence-corrected chi connectivity index (χ4v) is 2.33. The number of ether oxygens (including phenoxy) is 3. The normalized spacial score (nSPS) is 11.2. The molecule has 22 heavy (non-hydrogen) atoms. The first-order chi connectivity index (χ1) is 10.6. The number of hydrogen-bond donors (Lipinski definition) is 1. The van der Waals surface area contributed by atoms with Crippen LogP contribution in [0.2, 0.25) is 0 Å². The summed E-state index contributed by atoms with van der Waals surface area (Å²) in [5.74, 6) is 1.72. The van der Waals surface area contributed by atoms with Crippen LogP contribution in [0.5, 0.6) is 17.2 Å². The summed E-state index contributed by atoms with van der Waals surface area (Å²) in [5, 5.41) is 9.09. The third-order valence-corrected chi connectivity index (χ3v) is 3.79. The third kappa shape index (κ3) is 3.28. The maximum absolute atomic E-state index is 5.34. The Bertz CT molecular complexity index is 659. The van der Waals surface area contributed by atoms with Gasteiger partial charge in [0.15, 0.2) is 16.5 Å². The zero-order valence-corrected chi connectivity index (χ0v) is 13.9. The Labute approximate surface area is 133 Å². The van der Waals surface area contributed by atoms with Gasteiger partial charge in [0.25, 0.3) is 0 Å². The zero-order chi connectivity index (χ0) is 16.1. The summed E-state index contributed by atoms with van der Waals surface area (Å²) in [6.07, 6.45) is 0. The molecule has 2 aromatic rings. The summed E-state index contributed by atoms with van der Waals surface area (Å²) in [4.78, 5) is 0. The number of nitrogens with zero attached hydrogens (tertiary/aromatic N) is 3. The topological polar surface area (TPSA) is 77.9 Å². The minimum absolute atomic E-state index is 0.553. The van der Waals surface area contributed by atoms with E-state index in [9.17, 15) is 0 Å². The van der Waals surface area contributed by atoms with E-state index in [2.05, 4.69) is 20.1 Å². The van der Waals surface area contributed by atoms with Crippen LogP contribution in [-0.4, -0.2) is 36.6 Å². The number of aromatic nitrogens is 2. The molecular weight excluding hydrogens is 304 g/mol. The summed E-state index contributed by atoms with van der Waals surface area (Å²) in [6, 6.07) is 3.69. The first kappa shape index (κ1) is 16.0. The molecule has 1 N–H and O–H groups in total. The van der Waals surface area contributed by atoms with Gasteiger partial charge in [-0.2, -0.15) is 5.10 Å². The van der Waals surface area contributed by atoms with Gasteiger partial charge in [-0.1, -0.05) is 4.49 Å². The molecule has 0 bridgehead atoms. The molecule has 0 spiro atoms. The Balaban J connectivity index is 2.33.